The second-order valence-corrected chi connectivity index (χ2v) is 5.66. The van der Waals surface area contributed by atoms with Crippen molar-refractivity contribution in [2.75, 3.05) is 19.7 Å². The zero-order valence-electron chi connectivity index (χ0n) is 12.0. The first-order valence-corrected chi connectivity index (χ1v) is 7.43. The Balaban J connectivity index is 1.55. The Morgan fingerprint density at radius 3 is 2.52 bits per heavy atom. The van der Waals surface area contributed by atoms with Gasteiger partial charge in [0.1, 0.15) is 11.6 Å². The van der Waals surface area contributed by atoms with Crippen LogP contribution in [-0.2, 0) is 5.41 Å². The number of hydrogen-bond donors (Lipinski definition) is 1. The number of rotatable bonds is 6. The minimum atomic E-state index is -0.153. The van der Waals surface area contributed by atoms with Crippen molar-refractivity contribution >= 4 is 0 Å². The molecule has 0 amide bonds. The molecule has 0 saturated carbocycles. The molecule has 1 aliphatic rings. The molecule has 2 nitrogen and oxygen atoms in total. The predicted molar refractivity (Wildman–Crippen MR) is 82.1 cm³/mol. The van der Waals surface area contributed by atoms with E-state index in [0.29, 0.717) is 6.61 Å². The van der Waals surface area contributed by atoms with Gasteiger partial charge in [-0.05, 0) is 42.7 Å². The maximum atomic E-state index is 13.4. The van der Waals surface area contributed by atoms with E-state index >= 15 is 0 Å². The van der Waals surface area contributed by atoms with E-state index in [1.165, 1.54) is 6.07 Å². The Morgan fingerprint density at radius 1 is 1.05 bits per heavy atom. The zero-order chi connectivity index (χ0) is 14.5. The van der Waals surface area contributed by atoms with Crippen molar-refractivity contribution in [3.8, 4) is 5.75 Å². The molecule has 2 aromatic rings. The summed E-state index contributed by atoms with van der Waals surface area (Å²) >= 11 is 0. The fourth-order valence-corrected chi connectivity index (χ4v) is 2.89. The normalized spacial score (nSPS) is 16.2. The minimum absolute atomic E-state index is 0.0716. The maximum absolute atomic E-state index is 13.4. The van der Waals surface area contributed by atoms with Gasteiger partial charge in [0.25, 0.3) is 0 Å². The summed E-state index contributed by atoms with van der Waals surface area (Å²) < 4.78 is 19.2. The molecule has 1 heterocycles. The summed E-state index contributed by atoms with van der Waals surface area (Å²) in [6, 6.07) is 16.8. The summed E-state index contributed by atoms with van der Waals surface area (Å²) in [6.07, 6.45) is 1.98. The number of nitrogens with one attached hydrogen (secondary N) is 1. The molecule has 1 fully saturated rings. The average Bonchev–Trinajstić information content (AvgIpc) is 2.47. The van der Waals surface area contributed by atoms with Crippen molar-refractivity contribution in [3.63, 3.8) is 0 Å². The molecular weight excluding hydrogens is 265 g/mol. The van der Waals surface area contributed by atoms with Gasteiger partial charge in [-0.15, -0.1) is 0 Å². The highest BCUT2D eigenvalue weighted by Gasteiger charge is 2.38. The Bertz CT molecular complexity index is 581. The molecule has 2 aromatic carbocycles. The number of benzene rings is 2. The van der Waals surface area contributed by atoms with Gasteiger partial charge < -0.3 is 10.1 Å². The molecule has 3 rings (SSSR count). The van der Waals surface area contributed by atoms with Gasteiger partial charge in [-0.3, -0.25) is 0 Å². The molecule has 1 N–H and O–H groups in total. The highest BCUT2D eigenvalue weighted by Crippen LogP contribution is 2.33. The van der Waals surface area contributed by atoms with E-state index in [0.717, 1.165) is 37.2 Å². The minimum Gasteiger partial charge on any atom is -0.494 e. The first-order chi connectivity index (χ1) is 10.3. The highest BCUT2D eigenvalue weighted by molar-refractivity contribution is 5.30. The topological polar surface area (TPSA) is 21.3 Å². The molecular formula is C18H20FNO. The van der Waals surface area contributed by atoms with Crippen LogP contribution in [0.4, 0.5) is 4.39 Å². The largest absolute Gasteiger partial charge is 0.494 e. The van der Waals surface area contributed by atoms with E-state index in [-0.39, 0.29) is 11.2 Å². The van der Waals surface area contributed by atoms with Crippen LogP contribution in [0.15, 0.2) is 54.6 Å². The number of para-hydroxylation sites is 1. The first kappa shape index (κ1) is 14.1. The smallest absolute Gasteiger partial charge is 0.123 e. The van der Waals surface area contributed by atoms with Crippen molar-refractivity contribution in [3.05, 3.63) is 66.0 Å². The molecule has 110 valence electrons. The summed E-state index contributed by atoms with van der Waals surface area (Å²) in [7, 11) is 0. The summed E-state index contributed by atoms with van der Waals surface area (Å²) in [6.45, 7) is 2.53. The van der Waals surface area contributed by atoms with Crippen molar-refractivity contribution in [1.82, 2.24) is 5.32 Å². The van der Waals surface area contributed by atoms with Gasteiger partial charge >= 0.3 is 0 Å². The summed E-state index contributed by atoms with van der Waals surface area (Å²) in [4.78, 5) is 0. The van der Waals surface area contributed by atoms with Crippen molar-refractivity contribution in [2.45, 2.75) is 18.3 Å². The lowest BCUT2D eigenvalue weighted by molar-refractivity contribution is 0.223. The lowest BCUT2D eigenvalue weighted by Gasteiger charge is -2.43. The Hall–Kier alpha value is -1.87. The second-order valence-electron chi connectivity index (χ2n) is 5.66. The van der Waals surface area contributed by atoms with Crippen LogP contribution in [0.3, 0.4) is 0 Å². The molecule has 21 heavy (non-hydrogen) atoms. The van der Waals surface area contributed by atoms with Gasteiger partial charge in [-0.2, -0.15) is 0 Å². The van der Waals surface area contributed by atoms with E-state index < -0.39 is 0 Å². The van der Waals surface area contributed by atoms with Crippen molar-refractivity contribution in [2.24, 2.45) is 0 Å². The molecule has 0 aromatic heterocycles. The van der Waals surface area contributed by atoms with Crippen LogP contribution in [-0.4, -0.2) is 19.7 Å². The Morgan fingerprint density at radius 2 is 1.86 bits per heavy atom. The van der Waals surface area contributed by atoms with Crippen LogP contribution in [0.2, 0.25) is 0 Å². The van der Waals surface area contributed by atoms with Gasteiger partial charge in [-0.1, -0.05) is 30.3 Å². The molecule has 0 aliphatic carbocycles. The maximum Gasteiger partial charge on any atom is 0.123 e. The third kappa shape index (κ3) is 3.24. The standard InChI is InChI=1S/C18H20FNO/c19-16-7-4-6-15(12-16)18(13-20-14-18)10-5-11-21-17-8-2-1-3-9-17/h1-4,6-9,12,20H,5,10-11,13-14H2. The van der Waals surface area contributed by atoms with Crippen LogP contribution in [0, 0.1) is 5.82 Å². The molecule has 0 atom stereocenters. The van der Waals surface area contributed by atoms with Crippen LogP contribution in [0.5, 0.6) is 5.75 Å². The van der Waals surface area contributed by atoms with Gasteiger partial charge in [-0.25, -0.2) is 4.39 Å². The van der Waals surface area contributed by atoms with Crippen molar-refractivity contribution in [1.29, 1.82) is 0 Å². The van der Waals surface area contributed by atoms with Gasteiger partial charge in [0, 0.05) is 18.5 Å². The third-order valence-corrected chi connectivity index (χ3v) is 4.18. The molecule has 3 heteroatoms. The summed E-state index contributed by atoms with van der Waals surface area (Å²) in [5.41, 5.74) is 1.17. The Kier molecular flexibility index (Phi) is 4.20. The van der Waals surface area contributed by atoms with Crippen LogP contribution < -0.4 is 10.1 Å². The first-order valence-electron chi connectivity index (χ1n) is 7.43. The van der Waals surface area contributed by atoms with Gasteiger partial charge in [0.05, 0.1) is 6.61 Å². The fourth-order valence-electron chi connectivity index (χ4n) is 2.89. The Labute approximate surface area is 125 Å². The quantitative estimate of drug-likeness (QED) is 0.820. The van der Waals surface area contributed by atoms with Crippen LogP contribution >= 0.6 is 0 Å². The fraction of sp³-hybridized carbons (Fsp3) is 0.333. The van der Waals surface area contributed by atoms with E-state index in [4.69, 9.17) is 4.74 Å². The average molecular weight is 285 g/mol. The number of halogens is 1. The lowest BCUT2D eigenvalue weighted by atomic mass is 9.72. The molecule has 1 saturated heterocycles. The van der Waals surface area contributed by atoms with Crippen molar-refractivity contribution < 1.29 is 9.13 Å². The van der Waals surface area contributed by atoms with Crippen LogP contribution in [0.25, 0.3) is 0 Å². The number of ether oxygens (including phenoxy) is 1. The second kappa shape index (κ2) is 6.27. The monoisotopic (exact) mass is 285 g/mol. The molecule has 0 unspecified atom stereocenters. The summed E-state index contributed by atoms with van der Waals surface area (Å²) in [5, 5.41) is 3.32. The molecule has 0 radical (unpaired) electrons. The van der Waals surface area contributed by atoms with Gasteiger partial charge in [0.15, 0.2) is 0 Å². The van der Waals surface area contributed by atoms with E-state index in [9.17, 15) is 4.39 Å². The van der Waals surface area contributed by atoms with E-state index in [2.05, 4.69) is 5.32 Å². The van der Waals surface area contributed by atoms with Gasteiger partial charge in [0.2, 0.25) is 0 Å². The highest BCUT2D eigenvalue weighted by atomic mass is 19.1. The van der Waals surface area contributed by atoms with E-state index in [1.807, 2.05) is 36.4 Å². The third-order valence-electron chi connectivity index (χ3n) is 4.18. The molecule has 1 aliphatic heterocycles. The summed E-state index contributed by atoms with van der Waals surface area (Å²) in [5.74, 6) is 0.753. The lowest BCUT2D eigenvalue weighted by Crippen LogP contribution is -2.56. The predicted octanol–water partition coefficient (Wildman–Crippen LogP) is 3.53. The van der Waals surface area contributed by atoms with E-state index in [1.54, 1.807) is 12.1 Å². The molecule has 0 bridgehead atoms. The SMILES string of the molecule is Fc1cccc(C2(CCCOc3ccccc3)CNC2)c1. The number of hydrogen-bond acceptors (Lipinski definition) is 2. The molecule has 0 spiro atoms. The zero-order valence-corrected chi connectivity index (χ0v) is 12.0. The van der Waals surface area contributed by atoms with Crippen LogP contribution in [0.1, 0.15) is 18.4 Å².